The van der Waals surface area contributed by atoms with Crippen LogP contribution in [0.2, 0.25) is 0 Å². The zero-order valence-corrected chi connectivity index (χ0v) is 18.4. The molecule has 1 aromatic rings. The number of hydrogen-bond donors (Lipinski definition) is 5. The summed E-state index contributed by atoms with van der Waals surface area (Å²) in [6.07, 6.45) is 1.07. The number of carbonyl (C=O) groups is 4. The largest absolute Gasteiger partial charge is 0.480 e. The first kappa shape index (κ1) is 25.3. The zero-order valence-electron chi connectivity index (χ0n) is 18.4. The van der Waals surface area contributed by atoms with Gasteiger partial charge in [0.2, 0.25) is 17.7 Å². The summed E-state index contributed by atoms with van der Waals surface area (Å²) in [5.41, 5.74) is 6.66. The molecule has 0 spiro atoms. The summed E-state index contributed by atoms with van der Waals surface area (Å²) in [5.74, 6) is -3.08. The molecule has 1 saturated heterocycles. The van der Waals surface area contributed by atoms with E-state index in [0.717, 1.165) is 0 Å². The van der Waals surface area contributed by atoms with Gasteiger partial charge in [0.25, 0.3) is 0 Å². The van der Waals surface area contributed by atoms with Crippen molar-refractivity contribution in [3.05, 3.63) is 35.9 Å². The number of hydrogen-bond acceptors (Lipinski definition) is 6. The molecule has 0 saturated carbocycles. The zero-order chi connectivity index (χ0) is 23.8. The highest BCUT2D eigenvalue weighted by molar-refractivity contribution is 5.94. The number of amides is 3. The van der Waals surface area contributed by atoms with E-state index in [0.29, 0.717) is 24.9 Å². The van der Waals surface area contributed by atoms with Gasteiger partial charge in [0, 0.05) is 13.0 Å². The summed E-state index contributed by atoms with van der Waals surface area (Å²) >= 11 is 0. The number of carbonyl (C=O) groups excluding carboxylic acids is 3. The van der Waals surface area contributed by atoms with Crippen molar-refractivity contribution in [3.63, 3.8) is 0 Å². The summed E-state index contributed by atoms with van der Waals surface area (Å²) in [5, 5.41) is 23.9. The number of carboxylic acid groups (broad SMARTS) is 1. The maximum atomic E-state index is 12.8. The summed E-state index contributed by atoms with van der Waals surface area (Å²) in [6.45, 7) is 3.29. The van der Waals surface area contributed by atoms with Crippen molar-refractivity contribution >= 4 is 23.7 Å². The van der Waals surface area contributed by atoms with Crippen LogP contribution in [-0.4, -0.2) is 76.1 Å². The Kier molecular flexibility index (Phi) is 9.15. The molecule has 0 aliphatic carbocycles. The third-order valence-electron chi connectivity index (χ3n) is 5.55. The molecule has 3 amide bonds. The summed E-state index contributed by atoms with van der Waals surface area (Å²) in [7, 11) is 0. The topological polar surface area (TPSA) is 162 Å². The highest BCUT2D eigenvalue weighted by Crippen LogP contribution is 2.20. The van der Waals surface area contributed by atoms with Gasteiger partial charge in [0.05, 0.1) is 12.6 Å². The number of nitrogens with two attached hydrogens (primary N) is 1. The molecule has 10 nitrogen and oxygen atoms in total. The van der Waals surface area contributed by atoms with Crippen molar-refractivity contribution in [1.82, 2.24) is 15.5 Å². The number of aliphatic hydroxyl groups excluding tert-OH is 1. The van der Waals surface area contributed by atoms with Crippen molar-refractivity contribution in [2.75, 3.05) is 13.2 Å². The van der Waals surface area contributed by atoms with Crippen molar-refractivity contribution in [2.45, 2.75) is 57.3 Å². The molecule has 2 rings (SSSR count). The second-order valence-electron chi connectivity index (χ2n) is 8.29. The standard InChI is InChI=1S/C22H32N4O6/c1-13(2)18(23)21(30)26-10-6-9-17(26)20(29)25-16(12-27)19(28)24-15(22(31)32)11-14-7-4-3-5-8-14/h3-5,7-8,13,15-18,27H,6,9-12,23H2,1-2H3,(H,24,28)(H,25,29)(H,31,32). The molecule has 1 fully saturated rings. The molecule has 1 aliphatic rings. The fourth-order valence-electron chi connectivity index (χ4n) is 3.56. The van der Waals surface area contributed by atoms with Crippen LogP contribution in [0, 0.1) is 5.92 Å². The summed E-state index contributed by atoms with van der Waals surface area (Å²) < 4.78 is 0. The van der Waals surface area contributed by atoms with Gasteiger partial charge in [0.1, 0.15) is 18.1 Å². The number of benzene rings is 1. The lowest BCUT2D eigenvalue weighted by Crippen LogP contribution is -2.58. The van der Waals surface area contributed by atoms with Crippen LogP contribution in [0.5, 0.6) is 0 Å². The number of aliphatic carboxylic acids is 1. The quantitative estimate of drug-likeness (QED) is 0.314. The van der Waals surface area contributed by atoms with Gasteiger partial charge < -0.3 is 31.5 Å². The SMILES string of the molecule is CC(C)C(N)C(=O)N1CCCC1C(=O)NC(CO)C(=O)NC(Cc1ccccc1)C(=O)O. The number of rotatable bonds is 10. The first-order valence-corrected chi connectivity index (χ1v) is 10.7. The Bertz CT molecular complexity index is 816. The third-order valence-corrected chi connectivity index (χ3v) is 5.55. The second-order valence-corrected chi connectivity index (χ2v) is 8.29. The first-order chi connectivity index (χ1) is 15.1. The normalized spacial score (nSPS) is 18.7. The van der Waals surface area contributed by atoms with E-state index >= 15 is 0 Å². The Morgan fingerprint density at radius 3 is 2.34 bits per heavy atom. The van der Waals surface area contributed by atoms with Crippen molar-refractivity contribution in [2.24, 2.45) is 11.7 Å². The van der Waals surface area contributed by atoms with Gasteiger partial charge in [-0.2, -0.15) is 0 Å². The van der Waals surface area contributed by atoms with Gasteiger partial charge in [-0.3, -0.25) is 14.4 Å². The molecule has 4 unspecified atom stereocenters. The van der Waals surface area contributed by atoms with Gasteiger partial charge in [-0.25, -0.2) is 4.79 Å². The van der Waals surface area contributed by atoms with Crippen molar-refractivity contribution in [3.8, 4) is 0 Å². The molecule has 0 aromatic heterocycles. The van der Waals surface area contributed by atoms with E-state index in [1.807, 2.05) is 13.8 Å². The van der Waals surface area contributed by atoms with Gasteiger partial charge >= 0.3 is 5.97 Å². The van der Waals surface area contributed by atoms with Crippen molar-refractivity contribution in [1.29, 1.82) is 0 Å². The Morgan fingerprint density at radius 2 is 1.78 bits per heavy atom. The van der Waals surface area contributed by atoms with E-state index in [4.69, 9.17) is 5.73 Å². The van der Waals surface area contributed by atoms with Crippen LogP contribution >= 0.6 is 0 Å². The van der Waals surface area contributed by atoms with E-state index in [1.165, 1.54) is 4.90 Å². The number of carboxylic acids is 1. The fraction of sp³-hybridized carbons (Fsp3) is 0.545. The minimum atomic E-state index is -1.35. The summed E-state index contributed by atoms with van der Waals surface area (Å²) in [6, 6.07) is 4.66. The number of nitrogens with zero attached hydrogens (tertiary/aromatic N) is 1. The molecule has 1 aromatic carbocycles. The van der Waals surface area contributed by atoms with Gasteiger partial charge in [-0.1, -0.05) is 44.2 Å². The van der Waals surface area contributed by atoms with E-state index in [-0.39, 0.29) is 18.2 Å². The maximum Gasteiger partial charge on any atom is 0.326 e. The highest BCUT2D eigenvalue weighted by Gasteiger charge is 2.38. The number of nitrogens with one attached hydrogen (secondary N) is 2. The first-order valence-electron chi connectivity index (χ1n) is 10.7. The lowest BCUT2D eigenvalue weighted by atomic mass is 10.0. The second kappa shape index (κ2) is 11.6. The maximum absolute atomic E-state index is 12.8. The van der Waals surface area contributed by atoms with Gasteiger partial charge in [0.15, 0.2) is 0 Å². The predicted octanol–water partition coefficient (Wildman–Crippen LogP) is -0.750. The Labute approximate surface area is 187 Å². The van der Waals surface area contributed by atoms with Crippen LogP contribution in [0.1, 0.15) is 32.3 Å². The molecule has 176 valence electrons. The molecular formula is C22H32N4O6. The average Bonchev–Trinajstić information content (AvgIpc) is 3.26. The molecule has 1 heterocycles. The Hall–Kier alpha value is -2.98. The molecule has 0 bridgehead atoms. The van der Waals surface area contributed by atoms with Gasteiger partial charge in [-0.15, -0.1) is 0 Å². The lowest BCUT2D eigenvalue weighted by molar-refractivity contribution is -0.143. The number of likely N-dealkylation sites (tertiary alicyclic amines) is 1. The molecule has 6 N–H and O–H groups in total. The molecule has 4 atom stereocenters. The molecule has 10 heteroatoms. The minimum absolute atomic E-state index is 0.0476. The van der Waals surface area contributed by atoms with Crippen molar-refractivity contribution < 1.29 is 29.4 Å². The summed E-state index contributed by atoms with van der Waals surface area (Å²) in [4.78, 5) is 51.0. The van der Waals surface area contributed by atoms with Crippen LogP contribution in [0.25, 0.3) is 0 Å². The Morgan fingerprint density at radius 1 is 1.12 bits per heavy atom. The minimum Gasteiger partial charge on any atom is -0.480 e. The molecule has 32 heavy (non-hydrogen) atoms. The highest BCUT2D eigenvalue weighted by atomic mass is 16.4. The smallest absolute Gasteiger partial charge is 0.326 e. The van der Waals surface area contributed by atoms with E-state index in [1.54, 1.807) is 30.3 Å². The van der Waals surface area contributed by atoms with E-state index < -0.39 is 48.6 Å². The van der Waals surface area contributed by atoms with Crippen LogP contribution in [0.4, 0.5) is 0 Å². The van der Waals surface area contributed by atoms with Gasteiger partial charge in [-0.05, 0) is 24.3 Å². The predicted molar refractivity (Wildman–Crippen MR) is 116 cm³/mol. The van der Waals surface area contributed by atoms with Crippen LogP contribution in [-0.2, 0) is 25.6 Å². The van der Waals surface area contributed by atoms with Crippen LogP contribution in [0.3, 0.4) is 0 Å². The monoisotopic (exact) mass is 448 g/mol. The van der Waals surface area contributed by atoms with Crippen LogP contribution < -0.4 is 16.4 Å². The van der Waals surface area contributed by atoms with Crippen LogP contribution in [0.15, 0.2) is 30.3 Å². The lowest BCUT2D eigenvalue weighted by Gasteiger charge is -2.29. The average molecular weight is 449 g/mol. The van der Waals surface area contributed by atoms with E-state index in [9.17, 15) is 29.4 Å². The molecule has 1 aliphatic heterocycles. The number of aliphatic hydroxyl groups is 1. The molecular weight excluding hydrogens is 416 g/mol. The van der Waals surface area contributed by atoms with E-state index in [2.05, 4.69) is 10.6 Å². The molecule has 0 radical (unpaired) electrons. The Balaban J connectivity index is 2.02. The fourth-order valence-corrected chi connectivity index (χ4v) is 3.56. The third kappa shape index (κ3) is 6.51.